The minimum absolute atomic E-state index is 0.0916. The molecule has 1 aromatic heterocycles. The van der Waals surface area contributed by atoms with Crippen LogP contribution in [0.5, 0.6) is 0 Å². The molecule has 1 heterocycles. The summed E-state index contributed by atoms with van der Waals surface area (Å²) in [6, 6.07) is 13.4. The number of benzene rings is 2. The molecule has 2 nitrogen and oxygen atoms in total. The predicted octanol–water partition coefficient (Wildman–Crippen LogP) is 4.68. The number of fused-ring (bicyclic) bond motifs is 2. The Hall–Kier alpha value is -2.09. The van der Waals surface area contributed by atoms with Gasteiger partial charge in [0.25, 0.3) is 0 Å². The Morgan fingerprint density at radius 3 is 2.60 bits per heavy atom. The highest BCUT2D eigenvalue weighted by Gasteiger charge is 2.10. The van der Waals surface area contributed by atoms with Gasteiger partial charge in [-0.15, -0.1) is 0 Å². The van der Waals surface area contributed by atoms with Crippen molar-refractivity contribution in [2.24, 2.45) is 0 Å². The minimum atomic E-state index is 0.0916. The first-order valence-electron chi connectivity index (χ1n) is 7.24. The molecular formula is C18H18O2. The number of unbranched alkanes of at least 4 members (excludes halogenated alkanes) is 2. The monoisotopic (exact) mass is 266 g/mol. The van der Waals surface area contributed by atoms with Crippen molar-refractivity contribution in [3.05, 3.63) is 58.3 Å². The van der Waals surface area contributed by atoms with Crippen molar-refractivity contribution >= 4 is 21.9 Å². The van der Waals surface area contributed by atoms with Gasteiger partial charge >= 0.3 is 0 Å². The van der Waals surface area contributed by atoms with E-state index in [1.807, 2.05) is 42.5 Å². The Balaban J connectivity index is 2.22. The number of hydrogen-bond acceptors (Lipinski definition) is 2. The number of hydrogen-bond donors (Lipinski definition) is 0. The van der Waals surface area contributed by atoms with Crippen LogP contribution in [-0.4, -0.2) is 0 Å². The molecule has 2 aromatic carbocycles. The zero-order valence-electron chi connectivity index (χ0n) is 11.7. The van der Waals surface area contributed by atoms with E-state index in [1.54, 1.807) is 0 Å². The lowest BCUT2D eigenvalue weighted by molar-refractivity contribution is 0.658. The van der Waals surface area contributed by atoms with Crippen LogP contribution in [0, 0.1) is 0 Å². The molecule has 0 spiro atoms. The Labute approximate surface area is 118 Å². The molecule has 0 aliphatic rings. The molecule has 0 aliphatic carbocycles. The van der Waals surface area contributed by atoms with E-state index in [0.717, 1.165) is 23.8 Å². The first-order chi connectivity index (χ1) is 9.81. The van der Waals surface area contributed by atoms with Crippen molar-refractivity contribution in [3.8, 4) is 0 Å². The smallest absolute Gasteiger partial charge is 0.200 e. The van der Waals surface area contributed by atoms with Gasteiger partial charge in [0.1, 0.15) is 11.2 Å². The standard InChI is InChI=1S/C18H18O2/c1-2-3-4-8-13-9-7-12-16-17(13)18(19)14-10-5-6-11-15(14)20-16/h5-7,9-12H,2-4,8H2,1H3. The van der Waals surface area contributed by atoms with Crippen LogP contribution in [-0.2, 0) is 6.42 Å². The summed E-state index contributed by atoms with van der Waals surface area (Å²) in [6.07, 6.45) is 4.42. The average molecular weight is 266 g/mol. The van der Waals surface area contributed by atoms with Gasteiger partial charge in [0.15, 0.2) is 0 Å². The maximum atomic E-state index is 12.7. The van der Waals surface area contributed by atoms with Crippen molar-refractivity contribution in [1.29, 1.82) is 0 Å². The molecular weight excluding hydrogens is 248 g/mol. The molecule has 0 N–H and O–H groups in total. The fourth-order valence-electron chi connectivity index (χ4n) is 2.69. The summed E-state index contributed by atoms with van der Waals surface area (Å²) in [5.41, 5.74) is 2.56. The van der Waals surface area contributed by atoms with E-state index in [1.165, 1.54) is 12.8 Å². The molecule has 2 heteroatoms. The van der Waals surface area contributed by atoms with Crippen LogP contribution in [0.15, 0.2) is 51.7 Å². The molecule has 3 rings (SSSR count). The van der Waals surface area contributed by atoms with Crippen LogP contribution in [0.1, 0.15) is 31.7 Å². The van der Waals surface area contributed by atoms with Gasteiger partial charge in [-0.2, -0.15) is 0 Å². The fraction of sp³-hybridized carbons (Fsp3) is 0.278. The van der Waals surface area contributed by atoms with Gasteiger partial charge in [-0.3, -0.25) is 4.79 Å². The Morgan fingerprint density at radius 1 is 0.950 bits per heavy atom. The minimum Gasteiger partial charge on any atom is -0.456 e. The summed E-state index contributed by atoms with van der Waals surface area (Å²) < 4.78 is 5.87. The quantitative estimate of drug-likeness (QED) is 0.507. The van der Waals surface area contributed by atoms with Crippen LogP contribution >= 0.6 is 0 Å². The topological polar surface area (TPSA) is 30.2 Å². The summed E-state index contributed by atoms with van der Waals surface area (Å²) in [7, 11) is 0. The van der Waals surface area contributed by atoms with E-state index in [4.69, 9.17) is 4.42 Å². The van der Waals surface area contributed by atoms with Crippen molar-refractivity contribution in [2.75, 3.05) is 0 Å². The van der Waals surface area contributed by atoms with E-state index >= 15 is 0 Å². The SMILES string of the molecule is CCCCCc1cccc2oc3ccccc3c(=O)c12. The molecule has 0 saturated heterocycles. The highest BCUT2D eigenvalue weighted by atomic mass is 16.3. The average Bonchev–Trinajstić information content (AvgIpc) is 2.48. The predicted molar refractivity (Wildman–Crippen MR) is 83.2 cm³/mol. The zero-order valence-corrected chi connectivity index (χ0v) is 11.7. The maximum absolute atomic E-state index is 12.7. The highest BCUT2D eigenvalue weighted by Crippen LogP contribution is 2.22. The van der Waals surface area contributed by atoms with Gasteiger partial charge in [0, 0.05) is 0 Å². The second-order valence-electron chi connectivity index (χ2n) is 5.17. The van der Waals surface area contributed by atoms with E-state index in [2.05, 4.69) is 6.92 Å². The van der Waals surface area contributed by atoms with Crippen LogP contribution in [0.25, 0.3) is 21.9 Å². The van der Waals surface area contributed by atoms with Crippen molar-refractivity contribution in [1.82, 2.24) is 0 Å². The summed E-state index contributed by atoms with van der Waals surface area (Å²) in [5, 5.41) is 1.42. The molecule has 0 fully saturated rings. The van der Waals surface area contributed by atoms with E-state index < -0.39 is 0 Å². The van der Waals surface area contributed by atoms with Gasteiger partial charge in [0.2, 0.25) is 5.43 Å². The van der Waals surface area contributed by atoms with Crippen LogP contribution in [0.2, 0.25) is 0 Å². The normalized spacial score (nSPS) is 11.2. The maximum Gasteiger partial charge on any atom is 0.200 e. The molecule has 0 bridgehead atoms. The van der Waals surface area contributed by atoms with Crippen LogP contribution in [0.3, 0.4) is 0 Å². The second-order valence-corrected chi connectivity index (χ2v) is 5.17. The Morgan fingerprint density at radius 2 is 1.75 bits per heavy atom. The fourth-order valence-corrected chi connectivity index (χ4v) is 2.69. The zero-order chi connectivity index (χ0) is 13.9. The lowest BCUT2D eigenvalue weighted by Gasteiger charge is -2.06. The Bertz CT molecular complexity index is 799. The van der Waals surface area contributed by atoms with Gasteiger partial charge < -0.3 is 4.42 Å². The third kappa shape index (κ3) is 2.22. The molecule has 102 valence electrons. The molecule has 0 atom stereocenters. The molecule has 0 radical (unpaired) electrons. The molecule has 3 aromatic rings. The largest absolute Gasteiger partial charge is 0.456 e. The van der Waals surface area contributed by atoms with E-state index in [0.29, 0.717) is 16.6 Å². The van der Waals surface area contributed by atoms with Crippen LogP contribution < -0.4 is 5.43 Å². The van der Waals surface area contributed by atoms with Gasteiger partial charge in [0.05, 0.1) is 10.8 Å². The van der Waals surface area contributed by atoms with Crippen molar-refractivity contribution in [2.45, 2.75) is 32.6 Å². The van der Waals surface area contributed by atoms with Gasteiger partial charge in [-0.05, 0) is 36.6 Å². The lowest BCUT2D eigenvalue weighted by atomic mass is 10.0. The summed E-state index contributed by atoms with van der Waals surface area (Å²) in [5.74, 6) is 0. The molecule has 20 heavy (non-hydrogen) atoms. The molecule has 0 saturated carbocycles. The molecule has 0 amide bonds. The molecule has 0 unspecified atom stereocenters. The second kappa shape index (κ2) is 5.49. The third-order valence-electron chi connectivity index (χ3n) is 3.74. The summed E-state index contributed by atoms with van der Waals surface area (Å²) in [4.78, 5) is 12.7. The summed E-state index contributed by atoms with van der Waals surface area (Å²) in [6.45, 7) is 2.19. The van der Waals surface area contributed by atoms with Gasteiger partial charge in [-0.1, -0.05) is 44.0 Å². The van der Waals surface area contributed by atoms with E-state index in [-0.39, 0.29) is 5.43 Å². The van der Waals surface area contributed by atoms with Gasteiger partial charge in [-0.25, -0.2) is 0 Å². The van der Waals surface area contributed by atoms with Crippen molar-refractivity contribution in [3.63, 3.8) is 0 Å². The first kappa shape index (κ1) is 12.9. The molecule has 0 aliphatic heterocycles. The van der Waals surface area contributed by atoms with E-state index in [9.17, 15) is 4.79 Å². The number of rotatable bonds is 4. The lowest BCUT2D eigenvalue weighted by Crippen LogP contribution is -2.05. The first-order valence-corrected chi connectivity index (χ1v) is 7.24. The van der Waals surface area contributed by atoms with Crippen LogP contribution in [0.4, 0.5) is 0 Å². The van der Waals surface area contributed by atoms with Crippen molar-refractivity contribution < 1.29 is 4.42 Å². The highest BCUT2D eigenvalue weighted by molar-refractivity contribution is 5.91. The Kier molecular flexibility index (Phi) is 3.55. The summed E-state index contributed by atoms with van der Waals surface area (Å²) >= 11 is 0. The number of aryl methyl sites for hydroxylation is 1. The number of para-hydroxylation sites is 1. The third-order valence-corrected chi connectivity index (χ3v) is 3.74.